The van der Waals surface area contributed by atoms with Crippen LogP contribution >= 0.6 is 11.8 Å². The highest BCUT2D eigenvalue weighted by atomic mass is 32.2. The van der Waals surface area contributed by atoms with Crippen molar-refractivity contribution in [2.75, 3.05) is 0 Å². The summed E-state index contributed by atoms with van der Waals surface area (Å²) in [6, 6.07) is 12.1. The molecule has 0 aliphatic heterocycles. The van der Waals surface area contributed by atoms with Crippen LogP contribution in [-0.2, 0) is 12.3 Å². The molecule has 0 radical (unpaired) electrons. The van der Waals surface area contributed by atoms with Crippen LogP contribution in [0.4, 0.5) is 4.39 Å². The molecular weight excluding hydrogens is 339 g/mol. The second-order valence-electron chi connectivity index (χ2n) is 5.33. The van der Waals surface area contributed by atoms with Gasteiger partial charge in [-0.15, -0.1) is 5.10 Å². The van der Waals surface area contributed by atoms with Crippen molar-refractivity contribution in [2.45, 2.75) is 17.3 Å². The number of nitrogens with zero attached hydrogens (tertiary/aromatic N) is 6. The number of benzene rings is 1. The van der Waals surface area contributed by atoms with E-state index < -0.39 is 0 Å². The van der Waals surface area contributed by atoms with Gasteiger partial charge in [-0.1, -0.05) is 35.2 Å². The molecule has 0 spiro atoms. The molecule has 0 saturated carbocycles. The van der Waals surface area contributed by atoms with Crippen LogP contribution in [0.25, 0.3) is 11.2 Å². The second-order valence-corrected chi connectivity index (χ2v) is 6.30. The van der Waals surface area contributed by atoms with Gasteiger partial charge in [0.25, 0.3) is 0 Å². The van der Waals surface area contributed by atoms with E-state index in [9.17, 15) is 4.39 Å². The van der Waals surface area contributed by atoms with Gasteiger partial charge in [0.05, 0.1) is 12.2 Å². The van der Waals surface area contributed by atoms with Gasteiger partial charge in [-0.25, -0.2) is 19.0 Å². The highest BCUT2D eigenvalue weighted by Crippen LogP contribution is 2.25. The molecule has 3 heterocycles. The zero-order valence-electron chi connectivity index (χ0n) is 13.1. The Hall–Kier alpha value is -2.87. The molecule has 0 N–H and O–H groups in total. The van der Waals surface area contributed by atoms with E-state index >= 15 is 0 Å². The third kappa shape index (κ3) is 3.48. The summed E-state index contributed by atoms with van der Waals surface area (Å²) >= 11 is 1.55. The monoisotopic (exact) mass is 352 g/mol. The number of halogens is 1. The molecule has 8 heteroatoms. The van der Waals surface area contributed by atoms with Crippen LogP contribution in [0.2, 0.25) is 0 Å². The minimum atomic E-state index is -0.261. The first kappa shape index (κ1) is 15.6. The maximum absolute atomic E-state index is 13.0. The summed E-state index contributed by atoms with van der Waals surface area (Å²) < 4.78 is 14.7. The summed E-state index contributed by atoms with van der Waals surface area (Å²) in [6.45, 7) is 0.470. The summed E-state index contributed by atoms with van der Waals surface area (Å²) in [5.74, 6) is 0.431. The van der Waals surface area contributed by atoms with E-state index in [1.165, 1.54) is 18.5 Å². The third-order valence-electron chi connectivity index (χ3n) is 3.60. The second kappa shape index (κ2) is 6.94. The van der Waals surface area contributed by atoms with Gasteiger partial charge in [0.1, 0.15) is 17.2 Å². The Morgan fingerprint density at radius 3 is 2.68 bits per heavy atom. The van der Waals surface area contributed by atoms with Crippen LogP contribution in [0.3, 0.4) is 0 Å². The summed E-state index contributed by atoms with van der Waals surface area (Å²) in [5, 5.41) is 9.15. The number of hydrogen-bond donors (Lipinski definition) is 0. The molecule has 0 aliphatic carbocycles. The first-order valence-corrected chi connectivity index (χ1v) is 8.59. The SMILES string of the molecule is Fc1ccc(Cn2nnc3c(SCc4ccccn4)ncnc32)cc1. The number of pyridine rings is 1. The zero-order valence-corrected chi connectivity index (χ0v) is 13.9. The summed E-state index contributed by atoms with van der Waals surface area (Å²) in [7, 11) is 0. The van der Waals surface area contributed by atoms with Gasteiger partial charge in [-0.2, -0.15) is 0 Å². The average molecular weight is 352 g/mol. The molecule has 0 amide bonds. The maximum Gasteiger partial charge on any atom is 0.183 e. The Balaban J connectivity index is 1.58. The highest BCUT2D eigenvalue weighted by Gasteiger charge is 2.13. The van der Waals surface area contributed by atoms with Crippen molar-refractivity contribution in [1.29, 1.82) is 0 Å². The Kier molecular flexibility index (Phi) is 4.34. The summed E-state index contributed by atoms with van der Waals surface area (Å²) in [6.07, 6.45) is 3.28. The summed E-state index contributed by atoms with van der Waals surface area (Å²) in [4.78, 5) is 12.9. The van der Waals surface area contributed by atoms with Gasteiger partial charge < -0.3 is 0 Å². The predicted molar refractivity (Wildman–Crippen MR) is 92.4 cm³/mol. The van der Waals surface area contributed by atoms with Crippen molar-refractivity contribution in [1.82, 2.24) is 29.9 Å². The van der Waals surface area contributed by atoms with E-state index in [-0.39, 0.29) is 5.82 Å². The Morgan fingerprint density at radius 1 is 1.00 bits per heavy atom. The average Bonchev–Trinajstić information content (AvgIpc) is 3.06. The van der Waals surface area contributed by atoms with Crippen molar-refractivity contribution < 1.29 is 4.39 Å². The molecule has 0 aliphatic rings. The highest BCUT2D eigenvalue weighted by molar-refractivity contribution is 7.98. The van der Waals surface area contributed by atoms with E-state index in [4.69, 9.17) is 0 Å². The van der Waals surface area contributed by atoms with Gasteiger partial charge >= 0.3 is 0 Å². The normalized spacial score (nSPS) is 11.1. The Morgan fingerprint density at radius 2 is 1.88 bits per heavy atom. The third-order valence-corrected chi connectivity index (χ3v) is 4.61. The minimum absolute atomic E-state index is 0.261. The van der Waals surface area contributed by atoms with Gasteiger partial charge in [0, 0.05) is 11.9 Å². The lowest BCUT2D eigenvalue weighted by atomic mass is 10.2. The maximum atomic E-state index is 13.0. The molecule has 1 aromatic carbocycles. The van der Waals surface area contributed by atoms with E-state index in [2.05, 4.69) is 25.3 Å². The van der Waals surface area contributed by atoms with Gasteiger partial charge in [-0.3, -0.25) is 4.98 Å². The van der Waals surface area contributed by atoms with Gasteiger partial charge in [-0.05, 0) is 29.8 Å². The zero-order chi connectivity index (χ0) is 17.1. The van der Waals surface area contributed by atoms with Gasteiger partial charge in [0.2, 0.25) is 0 Å². The van der Waals surface area contributed by atoms with Crippen LogP contribution < -0.4 is 0 Å². The molecule has 124 valence electrons. The molecule has 25 heavy (non-hydrogen) atoms. The molecule has 0 atom stereocenters. The Bertz CT molecular complexity index is 987. The molecule has 0 fully saturated rings. The number of aromatic nitrogens is 6. The van der Waals surface area contributed by atoms with Crippen molar-refractivity contribution in [3.8, 4) is 0 Å². The first-order chi connectivity index (χ1) is 12.3. The van der Waals surface area contributed by atoms with Crippen LogP contribution in [-0.4, -0.2) is 29.9 Å². The largest absolute Gasteiger partial charge is 0.260 e. The fraction of sp³-hybridized carbons (Fsp3) is 0.118. The molecule has 6 nitrogen and oxygen atoms in total. The smallest absolute Gasteiger partial charge is 0.183 e. The standard InChI is InChI=1S/C17H13FN6S/c18-13-6-4-12(5-7-13)9-24-16-15(22-23-24)17(21-11-20-16)25-10-14-3-1-2-8-19-14/h1-8,11H,9-10H2. The lowest BCUT2D eigenvalue weighted by Gasteiger charge is -2.03. The fourth-order valence-corrected chi connectivity index (χ4v) is 3.22. The lowest BCUT2D eigenvalue weighted by molar-refractivity contribution is 0.623. The van der Waals surface area contributed by atoms with Gasteiger partial charge in [0.15, 0.2) is 11.2 Å². The molecule has 0 saturated heterocycles. The van der Waals surface area contributed by atoms with Crippen LogP contribution in [0.5, 0.6) is 0 Å². The topological polar surface area (TPSA) is 69.4 Å². The number of thioether (sulfide) groups is 1. The molecular formula is C17H13FN6S. The van der Waals surface area contributed by atoms with E-state index in [1.807, 2.05) is 18.2 Å². The molecule has 0 unspecified atom stereocenters. The molecule has 4 rings (SSSR count). The van der Waals surface area contributed by atoms with Crippen molar-refractivity contribution in [2.24, 2.45) is 0 Å². The minimum Gasteiger partial charge on any atom is -0.260 e. The van der Waals surface area contributed by atoms with Crippen LogP contribution in [0.15, 0.2) is 60.0 Å². The number of hydrogen-bond acceptors (Lipinski definition) is 6. The Labute approximate surface area is 147 Å². The molecule has 3 aromatic heterocycles. The quantitative estimate of drug-likeness (QED) is 0.406. The van der Waals surface area contributed by atoms with Crippen molar-refractivity contribution in [3.05, 3.63) is 72.1 Å². The first-order valence-electron chi connectivity index (χ1n) is 7.61. The molecule has 0 bridgehead atoms. The predicted octanol–water partition coefficient (Wildman–Crippen LogP) is 3.10. The van der Waals surface area contributed by atoms with E-state index in [0.717, 1.165) is 16.3 Å². The van der Waals surface area contributed by atoms with Crippen LogP contribution in [0, 0.1) is 5.82 Å². The fourth-order valence-electron chi connectivity index (χ4n) is 2.37. The number of fused-ring (bicyclic) bond motifs is 1. The number of rotatable bonds is 5. The lowest BCUT2D eigenvalue weighted by Crippen LogP contribution is -2.03. The van der Waals surface area contributed by atoms with E-state index in [1.54, 1.807) is 34.8 Å². The molecule has 4 aromatic rings. The van der Waals surface area contributed by atoms with E-state index in [0.29, 0.717) is 23.5 Å². The summed E-state index contributed by atoms with van der Waals surface area (Å²) in [5.41, 5.74) is 3.21. The van der Waals surface area contributed by atoms with Crippen LogP contribution in [0.1, 0.15) is 11.3 Å². The van der Waals surface area contributed by atoms with Crippen molar-refractivity contribution >= 4 is 22.9 Å². The van der Waals surface area contributed by atoms with Crippen molar-refractivity contribution in [3.63, 3.8) is 0 Å².